The number of piperidine rings is 1. The van der Waals surface area contributed by atoms with E-state index in [0.29, 0.717) is 49.8 Å². The second-order valence-corrected chi connectivity index (χ2v) is 11.8. The van der Waals surface area contributed by atoms with Gasteiger partial charge in [0.25, 0.3) is 5.56 Å². The molecule has 5 rings (SSSR count). The molecular formula is C32H39N9O5. The molecule has 0 saturated carbocycles. The van der Waals surface area contributed by atoms with Crippen molar-refractivity contribution in [1.82, 2.24) is 39.4 Å². The van der Waals surface area contributed by atoms with Crippen molar-refractivity contribution in [2.45, 2.75) is 25.8 Å². The summed E-state index contributed by atoms with van der Waals surface area (Å²) < 4.78 is 8.20. The Labute approximate surface area is 266 Å². The van der Waals surface area contributed by atoms with E-state index in [2.05, 4.69) is 15.5 Å². The van der Waals surface area contributed by atoms with Crippen molar-refractivity contribution in [2.24, 2.45) is 5.92 Å². The average Bonchev–Trinajstić information content (AvgIpc) is 3.49. The summed E-state index contributed by atoms with van der Waals surface area (Å²) in [5, 5.41) is 21.7. The van der Waals surface area contributed by atoms with Crippen molar-refractivity contribution in [3.05, 3.63) is 75.5 Å². The summed E-state index contributed by atoms with van der Waals surface area (Å²) in [7, 11) is 7.38. The summed E-state index contributed by atoms with van der Waals surface area (Å²) in [6.45, 7) is 3.00. The maximum absolute atomic E-state index is 13.9. The first-order valence-corrected chi connectivity index (χ1v) is 15.1. The number of hydrogen-bond donors (Lipinski definition) is 1. The third-order valence-electron chi connectivity index (χ3n) is 8.13. The van der Waals surface area contributed by atoms with E-state index in [1.54, 1.807) is 28.8 Å². The molecule has 1 aliphatic rings. The van der Waals surface area contributed by atoms with Crippen molar-refractivity contribution in [1.29, 1.82) is 0 Å². The summed E-state index contributed by atoms with van der Waals surface area (Å²) in [4.78, 5) is 49.3. The van der Waals surface area contributed by atoms with Crippen molar-refractivity contribution in [3.63, 3.8) is 0 Å². The molecular weight excluding hydrogens is 590 g/mol. The van der Waals surface area contributed by atoms with Gasteiger partial charge in [0, 0.05) is 45.8 Å². The lowest BCUT2D eigenvalue weighted by molar-refractivity contribution is -0.131. The number of hydrogen-bond acceptors (Lipinski definition) is 10. The Balaban J connectivity index is 1.46. The number of carbonyl (C=O) groups excluding carboxylic acids is 1. The number of tetrazole rings is 1. The van der Waals surface area contributed by atoms with Crippen molar-refractivity contribution in [3.8, 4) is 5.75 Å². The second kappa shape index (κ2) is 14.3. The van der Waals surface area contributed by atoms with Gasteiger partial charge in [0.05, 0.1) is 24.8 Å². The predicted octanol–water partition coefficient (Wildman–Crippen LogP) is 2.23. The number of nitrogens with zero attached hydrogens (tertiary/aromatic N) is 9. The van der Waals surface area contributed by atoms with Gasteiger partial charge in [0.2, 0.25) is 5.91 Å². The molecule has 0 aliphatic carbocycles. The van der Waals surface area contributed by atoms with E-state index in [0.717, 1.165) is 30.7 Å². The Kier molecular flexibility index (Phi) is 10.1. The summed E-state index contributed by atoms with van der Waals surface area (Å²) in [5.41, 5.74) is 1.18. The van der Waals surface area contributed by atoms with Gasteiger partial charge in [-0.05, 0) is 85.3 Å². The van der Waals surface area contributed by atoms with Crippen LogP contribution in [-0.2, 0) is 11.3 Å². The molecule has 4 heterocycles. The topological polar surface area (TPSA) is 151 Å². The second-order valence-electron chi connectivity index (χ2n) is 11.8. The van der Waals surface area contributed by atoms with Gasteiger partial charge in [0.1, 0.15) is 17.2 Å². The summed E-state index contributed by atoms with van der Waals surface area (Å²) in [6, 6.07) is 10.3. The number of pyridine rings is 1. The van der Waals surface area contributed by atoms with E-state index in [1.807, 2.05) is 55.2 Å². The smallest absolute Gasteiger partial charge is 0.335 e. The first-order valence-electron chi connectivity index (χ1n) is 15.1. The first kappa shape index (κ1) is 32.3. The lowest BCUT2D eigenvalue weighted by Gasteiger charge is -2.34. The molecule has 46 heavy (non-hydrogen) atoms. The largest absolute Gasteiger partial charge is 0.497 e. The predicted molar refractivity (Wildman–Crippen MR) is 173 cm³/mol. The van der Waals surface area contributed by atoms with Crippen LogP contribution < -0.4 is 15.2 Å². The number of likely N-dealkylation sites (N-methyl/N-ethyl adjacent to an activating group) is 2. The molecule has 242 valence electrons. The van der Waals surface area contributed by atoms with E-state index in [-0.39, 0.29) is 28.6 Å². The van der Waals surface area contributed by atoms with Crippen LogP contribution >= 0.6 is 0 Å². The molecule has 1 unspecified atom stereocenters. The van der Waals surface area contributed by atoms with Gasteiger partial charge in [-0.1, -0.05) is 12.1 Å². The number of anilines is 1. The fourth-order valence-corrected chi connectivity index (χ4v) is 5.47. The van der Waals surface area contributed by atoms with Crippen molar-refractivity contribution >= 4 is 35.5 Å². The Hall–Kier alpha value is -5.11. The number of carbonyl (C=O) groups is 2. The van der Waals surface area contributed by atoms with Crippen molar-refractivity contribution < 1.29 is 19.4 Å². The van der Waals surface area contributed by atoms with Crippen LogP contribution in [0, 0.1) is 5.92 Å². The number of aromatic carboxylic acids is 1. The number of rotatable bonds is 12. The number of carboxylic acid groups (broad SMARTS) is 1. The summed E-state index contributed by atoms with van der Waals surface area (Å²) in [5.74, 6) is 0.651. The average molecular weight is 630 g/mol. The molecule has 4 aromatic rings. The van der Waals surface area contributed by atoms with Crippen LogP contribution in [0.2, 0.25) is 0 Å². The van der Waals surface area contributed by atoms with E-state index in [1.165, 1.54) is 22.7 Å². The first-order chi connectivity index (χ1) is 22.1. The number of fused-ring (bicyclic) bond motifs is 1. The normalized spacial score (nSPS) is 15.2. The molecule has 1 aliphatic heterocycles. The van der Waals surface area contributed by atoms with Gasteiger partial charge >= 0.3 is 5.97 Å². The zero-order chi connectivity index (χ0) is 32.8. The van der Waals surface area contributed by atoms with Crippen LogP contribution in [0.5, 0.6) is 5.75 Å². The minimum atomic E-state index is -1.11. The van der Waals surface area contributed by atoms with Crippen LogP contribution in [0.3, 0.4) is 0 Å². The highest BCUT2D eigenvalue weighted by molar-refractivity contribution is 5.89. The molecule has 14 nitrogen and oxygen atoms in total. The third-order valence-corrected chi connectivity index (χ3v) is 8.13. The third kappa shape index (κ3) is 7.57. The van der Waals surface area contributed by atoms with E-state index in [4.69, 9.17) is 9.72 Å². The standard InChI is InChI=1S/C32H39N9O5/c1-37(2)16-17-38(3)29(42)18-23-6-5-14-39(20-23)30-26(31(43)40-15-13-24(32(44)45)19-28(40)33-30)11-12-27-34-35-36-41(27)21-22-7-9-25(46-4)10-8-22/h7-13,15,19,23H,5-6,14,16-18,20-21H2,1-4H3,(H,44,45)/b12-11+. The Morgan fingerprint density at radius 1 is 1.11 bits per heavy atom. The molecule has 1 amide bonds. The van der Waals surface area contributed by atoms with E-state index in [9.17, 15) is 19.5 Å². The molecule has 1 aromatic carbocycles. The number of amides is 1. The molecule has 0 radical (unpaired) electrons. The number of aromatic nitrogens is 6. The van der Waals surface area contributed by atoms with Gasteiger partial charge in [-0.2, -0.15) is 0 Å². The van der Waals surface area contributed by atoms with E-state index >= 15 is 0 Å². The molecule has 0 spiro atoms. The maximum atomic E-state index is 13.9. The number of ether oxygens (including phenoxy) is 1. The fraction of sp³-hybridized carbons (Fsp3) is 0.406. The minimum Gasteiger partial charge on any atom is -0.497 e. The molecule has 1 atom stereocenters. The van der Waals surface area contributed by atoms with Crippen LogP contribution in [-0.4, -0.2) is 111 Å². The molecule has 1 N–H and O–H groups in total. The molecule has 0 bridgehead atoms. The highest BCUT2D eigenvalue weighted by Gasteiger charge is 2.27. The Morgan fingerprint density at radius 3 is 2.61 bits per heavy atom. The van der Waals surface area contributed by atoms with Crippen LogP contribution in [0.4, 0.5) is 5.82 Å². The lowest BCUT2D eigenvalue weighted by Crippen LogP contribution is -2.41. The number of benzene rings is 1. The Bertz CT molecular complexity index is 1780. The molecule has 14 heteroatoms. The zero-order valence-electron chi connectivity index (χ0n) is 26.5. The monoisotopic (exact) mass is 629 g/mol. The number of carboxylic acids is 1. The quantitative estimate of drug-likeness (QED) is 0.246. The maximum Gasteiger partial charge on any atom is 0.335 e. The molecule has 1 fully saturated rings. The Morgan fingerprint density at radius 2 is 1.89 bits per heavy atom. The minimum absolute atomic E-state index is 0.0294. The summed E-state index contributed by atoms with van der Waals surface area (Å²) in [6.07, 6.45) is 6.84. The van der Waals surface area contributed by atoms with Gasteiger partial charge < -0.3 is 24.5 Å². The highest BCUT2D eigenvalue weighted by atomic mass is 16.5. The SMILES string of the molecule is COc1ccc(Cn2nnnc2/C=C/c2c(N3CCCC(CC(=O)N(C)CCN(C)C)C3)nc3cc(C(=O)O)ccn3c2=O)cc1. The van der Waals surface area contributed by atoms with E-state index < -0.39 is 5.97 Å². The van der Waals surface area contributed by atoms with Gasteiger partial charge in [-0.25, -0.2) is 14.5 Å². The van der Waals surface area contributed by atoms with Gasteiger partial charge in [-0.15, -0.1) is 5.10 Å². The summed E-state index contributed by atoms with van der Waals surface area (Å²) >= 11 is 0. The molecule has 1 saturated heterocycles. The highest BCUT2D eigenvalue weighted by Crippen LogP contribution is 2.27. The van der Waals surface area contributed by atoms with Gasteiger partial charge in [0.15, 0.2) is 5.82 Å². The molecule has 3 aromatic heterocycles. The number of methoxy groups -OCH3 is 1. The van der Waals surface area contributed by atoms with Crippen LogP contribution in [0.1, 0.15) is 46.6 Å². The fourth-order valence-electron chi connectivity index (χ4n) is 5.47. The van der Waals surface area contributed by atoms with Crippen LogP contribution in [0.25, 0.3) is 17.8 Å². The zero-order valence-corrected chi connectivity index (χ0v) is 26.5. The van der Waals surface area contributed by atoms with Gasteiger partial charge in [-0.3, -0.25) is 14.0 Å². The lowest BCUT2D eigenvalue weighted by atomic mass is 9.94. The van der Waals surface area contributed by atoms with Crippen molar-refractivity contribution in [2.75, 3.05) is 59.3 Å². The van der Waals surface area contributed by atoms with Crippen LogP contribution in [0.15, 0.2) is 47.4 Å².